The molecule has 0 saturated heterocycles. The van der Waals surface area contributed by atoms with Gasteiger partial charge in [-0.25, -0.2) is 0 Å². The Labute approximate surface area is 106 Å². The minimum Gasteiger partial charge on any atom is -0.490 e. The van der Waals surface area contributed by atoms with Crippen molar-refractivity contribution in [3.05, 3.63) is 23.8 Å². The van der Waals surface area contributed by atoms with Crippen LogP contribution in [0, 0.1) is 0 Å². The molecule has 5 nitrogen and oxygen atoms in total. The van der Waals surface area contributed by atoms with E-state index in [9.17, 15) is 4.79 Å². The van der Waals surface area contributed by atoms with Gasteiger partial charge in [0.2, 0.25) is 0 Å². The van der Waals surface area contributed by atoms with E-state index in [1.54, 1.807) is 0 Å². The molecule has 0 bridgehead atoms. The van der Waals surface area contributed by atoms with Crippen LogP contribution in [-0.4, -0.2) is 30.8 Å². The molecule has 1 aliphatic rings. The SMILES string of the molecule is O=C(O)CCNCc1ccc2c(c1)OCCCO2. The van der Waals surface area contributed by atoms with E-state index < -0.39 is 5.97 Å². The van der Waals surface area contributed by atoms with Crippen LogP contribution in [0.1, 0.15) is 18.4 Å². The van der Waals surface area contributed by atoms with Gasteiger partial charge in [0.1, 0.15) is 0 Å². The van der Waals surface area contributed by atoms with Crippen molar-refractivity contribution < 1.29 is 19.4 Å². The molecule has 0 spiro atoms. The number of nitrogens with one attached hydrogen (secondary N) is 1. The molecule has 0 fully saturated rings. The normalized spacial score (nSPS) is 14.0. The molecule has 0 aliphatic carbocycles. The lowest BCUT2D eigenvalue weighted by molar-refractivity contribution is -0.136. The summed E-state index contributed by atoms with van der Waals surface area (Å²) in [6.45, 7) is 2.44. The number of fused-ring (bicyclic) bond motifs is 1. The van der Waals surface area contributed by atoms with Gasteiger partial charge in [0, 0.05) is 19.5 Å². The van der Waals surface area contributed by atoms with Crippen LogP contribution in [0.5, 0.6) is 11.5 Å². The summed E-state index contributed by atoms with van der Waals surface area (Å²) in [5.41, 5.74) is 1.06. The molecule has 5 heteroatoms. The number of ether oxygens (including phenoxy) is 2. The molecule has 98 valence electrons. The Hall–Kier alpha value is -1.75. The largest absolute Gasteiger partial charge is 0.490 e. The molecule has 0 saturated carbocycles. The molecule has 1 aromatic rings. The molecule has 2 N–H and O–H groups in total. The van der Waals surface area contributed by atoms with E-state index in [-0.39, 0.29) is 6.42 Å². The van der Waals surface area contributed by atoms with E-state index in [4.69, 9.17) is 14.6 Å². The lowest BCUT2D eigenvalue weighted by Crippen LogP contribution is -2.17. The van der Waals surface area contributed by atoms with E-state index in [1.165, 1.54) is 0 Å². The van der Waals surface area contributed by atoms with E-state index in [0.717, 1.165) is 23.5 Å². The highest BCUT2D eigenvalue weighted by atomic mass is 16.5. The van der Waals surface area contributed by atoms with Gasteiger partial charge in [-0.05, 0) is 17.7 Å². The van der Waals surface area contributed by atoms with E-state index in [0.29, 0.717) is 26.3 Å². The van der Waals surface area contributed by atoms with Gasteiger partial charge in [-0.1, -0.05) is 6.07 Å². The second-order valence-corrected chi connectivity index (χ2v) is 4.15. The summed E-state index contributed by atoms with van der Waals surface area (Å²) >= 11 is 0. The summed E-state index contributed by atoms with van der Waals surface area (Å²) in [6, 6.07) is 5.80. The van der Waals surface area contributed by atoms with Gasteiger partial charge in [0.25, 0.3) is 0 Å². The van der Waals surface area contributed by atoms with E-state index in [1.807, 2.05) is 18.2 Å². The average Bonchev–Trinajstić information content (AvgIpc) is 2.59. The highest BCUT2D eigenvalue weighted by Crippen LogP contribution is 2.30. The van der Waals surface area contributed by atoms with Crippen molar-refractivity contribution in [2.45, 2.75) is 19.4 Å². The molecule has 1 aromatic carbocycles. The minimum absolute atomic E-state index is 0.130. The summed E-state index contributed by atoms with van der Waals surface area (Å²) < 4.78 is 11.1. The average molecular weight is 251 g/mol. The van der Waals surface area contributed by atoms with Gasteiger partial charge in [-0.3, -0.25) is 4.79 Å². The van der Waals surface area contributed by atoms with Gasteiger partial charge < -0.3 is 19.9 Å². The summed E-state index contributed by atoms with van der Waals surface area (Å²) in [5.74, 6) is 0.757. The first kappa shape index (κ1) is 12.7. The molecule has 0 amide bonds. The Morgan fingerprint density at radius 2 is 2.06 bits per heavy atom. The maximum Gasteiger partial charge on any atom is 0.304 e. The highest BCUT2D eigenvalue weighted by Gasteiger charge is 2.10. The third-order valence-electron chi connectivity index (χ3n) is 2.66. The molecule has 2 rings (SSSR count). The van der Waals surface area contributed by atoms with Crippen LogP contribution >= 0.6 is 0 Å². The van der Waals surface area contributed by atoms with Crippen molar-refractivity contribution in [1.29, 1.82) is 0 Å². The van der Waals surface area contributed by atoms with Gasteiger partial charge in [-0.2, -0.15) is 0 Å². The van der Waals surface area contributed by atoms with Gasteiger partial charge in [0.05, 0.1) is 19.6 Å². The summed E-state index contributed by atoms with van der Waals surface area (Å²) in [6.07, 6.45) is 1.02. The predicted molar refractivity (Wildman–Crippen MR) is 66.0 cm³/mol. The number of benzene rings is 1. The van der Waals surface area contributed by atoms with Crippen molar-refractivity contribution >= 4 is 5.97 Å². The van der Waals surface area contributed by atoms with Gasteiger partial charge in [0.15, 0.2) is 11.5 Å². The molecule has 1 aliphatic heterocycles. The number of aliphatic carboxylic acids is 1. The van der Waals surface area contributed by atoms with Crippen LogP contribution in [-0.2, 0) is 11.3 Å². The lowest BCUT2D eigenvalue weighted by atomic mass is 10.2. The third kappa shape index (κ3) is 3.63. The van der Waals surface area contributed by atoms with Crippen LogP contribution in [0.25, 0.3) is 0 Å². The van der Waals surface area contributed by atoms with Crippen molar-refractivity contribution in [1.82, 2.24) is 5.32 Å². The topological polar surface area (TPSA) is 67.8 Å². The van der Waals surface area contributed by atoms with Crippen LogP contribution in [0.15, 0.2) is 18.2 Å². The first-order chi connectivity index (χ1) is 8.75. The first-order valence-corrected chi connectivity index (χ1v) is 6.07. The molecular weight excluding hydrogens is 234 g/mol. The van der Waals surface area contributed by atoms with Crippen LogP contribution in [0.4, 0.5) is 0 Å². The molecular formula is C13H17NO4. The Morgan fingerprint density at radius 3 is 2.83 bits per heavy atom. The predicted octanol–water partition coefficient (Wildman–Crippen LogP) is 1.41. The van der Waals surface area contributed by atoms with Gasteiger partial charge >= 0.3 is 5.97 Å². The number of carboxylic acids is 1. The molecule has 18 heavy (non-hydrogen) atoms. The summed E-state index contributed by atoms with van der Waals surface area (Å²) in [4.78, 5) is 10.4. The zero-order chi connectivity index (χ0) is 12.8. The zero-order valence-corrected chi connectivity index (χ0v) is 10.1. The fraction of sp³-hybridized carbons (Fsp3) is 0.462. The Balaban J connectivity index is 1.89. The van der Waals surface area contributed by atoms with Crippen molar-refractivity contribution in [3.8, 4) is 11.5 Å². The number of carbonyl (C=O) groups is 1. The zero-order valence-electron chi connectivity index (χ0n) is 10.1. The lowest BCUT2D eigenvalue weighted by Gasteiger charge is -2.09. The molecule has 0 unspecified atom stereocenters. The monoisotopic (exact) mass is 251 g/mol. The first-order valence-electron chi connectivity index (χ1n) is 6.07. The molecule has 1 heterocycles. The molecule has 0 radical (unpaired) electrons. The van der Waals surface area contributed by atoms with Crippen LogP contribution in [0.3, 0.4) is 0 Å². The van der Waals surface area contributed by atoms with Crippen LogP contribution < -0.4 is 14.8 Å². The second-order valence-electron chi connectivity index (χ2n) is 4.15. The van der Waals surface area contributed by atoms with Gasteiger partial charge in [-0.15, -0.1) is 0 Å². The van der Waals surface area contributed by atoms with Crippen LogP contribution in [0.2, 0.25) is 0 Å². The maximum atomic E-state index is 10.4. The van der Waals surface area contributed by atoms with Crippen molar-refractivity contribution in [3.63, 3.8) is 0 Å². The Morgan fingerprint density at radius 1 is 1.28 bits per heavy atom. The third-order valence-corrected chi connectivity index (χ3v) is 2.66. The fourth-order valence-corrected chi connectivity index (χ4v) is 1.75. The van der Waals surface area contributed by atoms with E-state index in [2.05, 4.69) is 5.32 Å². The van der Waals surface area contributed by atoms with Crippen molar-refractivity contribution in [2.75, 3.05) is 19.8 Å². The molecule has 0 atom stereocenters. The fourth-order valence-electron chi connectivity index (χ4n) is 1.75. The Kier molecular flexibility index (Phi) is 4.41. The second kappa shape index (κ2) is 6.26. The number of carboxylic acid groups (broad SMARTS) is 1. The smallest absolute Gasteiger partial charge is 0.304 e. The quantitative estimate of drug-likeness (QED) is 0.774. The summed E-state index contributed by atoms with van der Waals surface area (Å²) in [5, 5.41) is 11.6. The highest BCUT2D eigenvalue weighted by molar-refractivity contribution is 5.66. The maximum absolute atomic E-state index is 10.4. The number of rotatable bonds is 5. The Bertz CT molecular complexity index is 419. The summed E-state index contributed by atoms with van der Waals surface area (Å²) in [7, 11) is 0. The van der Waals surface area contributed by atoms with E-state index >= 15 is 0 Å². The van der Waals surface area contributed by atoms with Crippen molar-refractivity contribution in [2.24, 2.45) is 0 Å². The number of hydrogen-bond acceptors (Lipinski definition) is 4. The molecule has 0 aromatic heterocycles. The number of hydrogen-bond donors (Lipinski definition) is 2. The standard InChI is InChI=1S/C13H17NO4/c15-13(16)4-5-14-9-10-2-3-11-12(8-10)18-7-1-6-17-11/h2-3,8,14H,1,4-7,9H2,(H,15,16). The minimum atomic E-state index is -0.791.